The number of carbonyl (C=O) groups is 3. The van der Waals surface area contributed by atoms with Crippen LogP contribution in [0.15, 0.2) is 53.4 Å². The predicted octanol–water partition coefficient (Wildman–Crippen LogP) is 4.34. The maximum atomic E-state index is 12.7. The lowest BCUT2D eigenvalue weighted by Crippen LogP contribution is -2.44. The summed E-state index contributed by atoms with van der Waals surface area (Å²) in [4.78, 5) is 36.4. The van der Waals surface area contributed by atoms with Gasteiger partial charge in [-0.2, -0.15) is 5.01 Å². The van der Waals surface area contributed by atoms with Crippen molar-refractivity contribution in [1.82, 2.24) is 10.4 Å². The first-order valence-electron chi connectivity index (χ1n) is 8.94. The first-order valence-corrected chi connectivity index (χ1v) is 10.2. The van der Waals surface area contributed by atoms with Crippen molar-refractivity contribution in [2.75, 3.05) is 0 Å². The van der Waals surface area contributed by atoms with Gasteiger partial charge >= 0.3 is 0 Å². The minimum Gasteiger partial charge on any atom is -0.298 e. The second kappa shape index (κ2) is 8.31. The fraction of sp³-hybridized carbons (Fsp3) is 0.182. The molecule has 1 fully saturated rings. The molecule has 1 N–H and O–H groups in total. The van der Waals surface area contributed by atoms with Gasteiger partial charge < -0.3 is 0 Å². The summed E-state index contributed by atoms with van der Waals surface area (Å²) in [6.45, 7) is 6.29. The lowest BCUT2D eigenvalue weighted by Gasteiger charge is -2.19. The zero-order valence-electron chi connectivity index (χ0n) is 16.3. The van der Waals surface area contributed by atoms with Crippen molar-refractivity contribution in [3.8, 4) is 0 Å². The third-order valence-corrected chi connectivity index (χ3v) is 5.69. The molecule has 2 amide bonds. The summed E-state index contributed by atoms with van der Waals surface area (Å²) in [6, 6.07) is 14.1. The van der Waals surface area contributed by atoms with E-state index in [9.17, 15) is 14.4 Å². The van der Waals surface area contributed by atoms with E-state index in [1.54, 1.807) is 42.5 Å². The Balaban J connectivity index is 1.73. The molecule has 0 aromatic heterocycles. The van der Waals surface area contributed by atoms with Gasteiger partial charge in [0.2, 0.25) is 0 Å². The quantitative estimate of drug-likeness (QED) is 0.449. The molecule has 1 aliphatic heterocycles. The molecule has 3 rings (SSSR count). The molecule has 148 valence electrons. The Kier molecular flexibility index (Phi) is 6.00. The zero-order valence-corrected chi connectivity index (χ0v) is 17.9. The SMILES string of the molecule is CC(C)(C)c1ccc(C(=O)NN2C(=O)/C(=C/c3ccc(C=O)cc3)SC2=S)cc1. The zero-order chi connectivity index (χ0) is 21.2. The Bertz CT molecular complexity index is 1000. The topological polar surface area (TPSA) is 66.5 Å². The Hall–Kier alpha value is -2.77. The number of thiocarbonyl (C=S) groups is 1. The van der Waals surface area contributed by atoms with E-state index in [-0.39, 0.29) is 15.6 Å². The van der Waals surface area contributed by atoms with Crippen molar-refractivity contribution in [3.63, 3.8) is 0 Å². The summed E-state index contributed by atoms with van der Waals surface area (Å²) in [7, 11) is 0. The van der Waals surface area contributed by atoms with Gasteiger partial charge in [-0.3, -0.25) is 19.8 Å². The predicted molar refractivity (Wildman–Crippen MR) is 119 cm³/mol. The van der Waals surface area contributed by atoms with Crippen LogP contribution < -0.4 is 5.43 Å². The number of hydrazine groups is 1. The van der Waals surface area contributed by atoms with Crippen LogP contribution in [0.4, 0.5) is 0 Å². The third kappa shape index (κ3) is 4.81. The van der Waals surface area contributed by atoms with Gasteiger partial charge in [0, 0.05) is 11.1 Å². The lowest BCUT2D eigenvalue weighted by atomic mass is 9.87. The minimum atomic E-state index is -0.404. The van der Waals surface area contributed by atoms with E-state index < -0.39 is 5.91 Å². The van der Waals surface area contributed by atoms with Crippen LogP contribution in [-0.4, -0.2) is 27.4 Å². The Labute approximate surface area is 179 Å². The maximum absolute atomic E-state index is 12.7. The highest BCUT2D eigenvalue weighted by Gasteiger charge is 2.33. The van der Waals surface area contributed by atoms with E-state index in [2.05, 4.69) is 26.2 Å². The molecular weight excluding hydrogens is 404 g/mol. The molecule has 0 bridgehead atoms. The van der Waals surface area contributed by atoms with E-state index in [0.29, 0.717) is 16.0 Å². The first kappa shape index (κ1) is 21.0. The highest BCUT2D eigenvalue weighted by atomic mass is 32.2. The van der Waals surface area contributed by atoms with Gasteiger partial charge in [0.25, 0.3) is 11.8 Å². The molecule has 0 unspecified atom stereocenters. The number of hydrogen-bond acceptors (Lipinski definition) is 5. The van der Waals surface area contributed by atoms with E-state index in [1.165, 1.54) is 0 Å². The highest BCUT2D eigenvalue weighted by molar-refractivity contribution is 8.26. The number of amides is 2. The molecule has 2 aromatic rings. The van der Waals surface area contributed by atoms with Crippen LogP contribution in [0.3, 0.4) is 0 Å². The largest absolute Gasteiger partial charge is 0.298 e. The standard InChI is InChI=1S/C22H20N2O3S2/c1-22(2,3)17-10-8-16(9-11-17)19(26)23-24-20(27)18(29-21(24)28)12-14-4-6-15(13-25)7-5-14/h4-13H,1-3H3,(H,23,26)/b18-12-. The second-order valence-electron chi connectivity index (χ2n) is 7.57. The fourth-order valence-corrected chi connectivity index (χ4v) is 3.85. The van der Waals surface area contributed by atoms with Gasteiger partial charge in [0.05, 0.1) is 4.91 Å². The summed E-state index contributed by atoms with van der Waals surface area (Å²) in [5.74, 6) is -0.794. The summed E-state index contributed by atoms with van der Waals surface area (Å²) in [5, 5.41) is 1.09. The molecule has 0 spiro atoms. The second-order valence-corrected chi connectivity index (χ2v) is 9.25. The van der Waals surface area contributed by atoms with Crippen LogP contribution in [0.25, 0.3) is 6.08 Å². The highest BCUT2D eigenvalue weighted by Crippen LogP contribution is 2.31. The molecule has 0 radical (unpaired) electrons. The molecule has 1 saturated heterocycles. The number of thioether (sulfide) groups is 1. The van der Waals surface area contributed by atoms with Gasteiger partial charge in [-0.05, 0) is 47.0 Å². The van der Waals surface area contributed by atoms with Crippen LogP contribution in [0, 0.1) is 0 Å². The van der Waals surface area contributed by atoms with Gasteiger partial charge in [0.15, 0.2) is 4.32 Å². The number of carbonyl (C=O) groups excluding carboxylic acids is 3. The molecule has 0 atom stereocenters. The van der Waals surface area contributed by atoms with Crippen molar-refractivity contribution in [3.05, 3.63) is 75.7 Å². The molecule has 29 heavy (non-hydrogen) atoms. The van der Waals surface area contributed by atoms with Crippen LogP contribution in [0.2, 0.25) is 0 Å². The summed E-state index contributed by atoms with van der Waals surface area (Å²) < 4.78 is 0.255. The smallest absolute Gasteiger partial charge is 0.285 e. The van der Waals surface area contributed by atoms with Gasteiger partial charge in [-0.25, -0.2) is 0 Å². The summed E-state index contributed by atoms with van der Waals surface area (Å²) in [5.41, 5.74) is 5.45. The molecule has 5 nitrogen and oxygen atoms in total. The Morgan fingerprint density at radius 3 is 2.17 bits per heavy atom. The van der Waals surface area contributed by atoms with Crippen LogP contribution in [0.5, 0.6) is 0 Å². The molecule has 0 aliphatic carbocycles. The maximum Gasteiger partial charge on any atom is 0.285 e. The van der Waals surface area contributed by atoms with Gasteiger partial charge in [-0.15, -0.1) is 0 Å². The molecule has 7 heteroatoms. The van der Waals surface area contributed by atoms with E-state index >= 15 is 0 Å². The van der Waals surface area contributed by atoms with Crippen molar-refractivity contribution >= 4 is 52.5 Å². The molecule has 2 aromatic carbocycles. The minimum absolute atomic E-state index is 0.0122. The summed E-state index contributed by atoms with van der Waals surface area (Å²) >= 11 is 6.37. The third-order valence-electron chi connectivity index (χ3n) is 4.39. The van der Waals surface area contributed by atoms with E-state index in [0.717, 1.165) is 34.2 Å². The van der Waals surface area contributed by atoms with Gasteiger partial charge in [0.1, 0.15) is 6.29 Å². The van der Waals surface area contributed by atoms with Crippen molar-refractivity contribution < 1.29 is 14.4 Å². The van der Waals surface area contributed by atoms with Gasteiger partial charge in [-0.1, -0.05) is 68.9 Å². The molecule has 1 aliphatic rings. The number of hydrogen-bond donors (Lipinski definition) is 1. The fourth-order valence-electron chi connectivity index (χ4n) is 2.67. The number of aldehydes is 1. The van der Waals surface area contributed by atoms with Crippen molar-refractivity contribution in [2.45, 2.75) is 26.2 Å². The number of benzene rings is 2. The summed E-state index contributed by atoms with van der Waals surface area (Å²) in [6.07, 6.45) is 2.44. The molecule has 1 heterocycles. The number of nitrogens with one attached hydrogen (secondary N) is 1. The number of nitrogens with zero attached hydrogens (tertiary/aromatic N) is 1. The normalized spacial score (nSPS) is 15.7. The average Bonchev–Trinajstić information content (AvgIpc) is 2.95. The van der Waals surface area contributed by atoms with Crippen LogP contribution in [0.1, 0.15) is 52.6 Å². The molecule has 0 saturated carbocycles. The van der Waals surface area contributed by atoms with Crippen LogP contribution >= 0.6 is 24.0 Å². The lowest BCUT2D eigenvalue weighted by molar-refractivity contribution is -0.123. The Morgan fingerprint density at radius 2 is 1.62 bits per heavy atom. The Morgan fingerprint density at radius 1 is 1.03 bits per heavy atom. The van der Waals surface area contributed by atoms with Crippen molar-refractivity contribution in [1.29, 1.82) is 0 Å². The van der Waals surface area contributed by atoms with Crippen LogP contribution in [-0.2, 0) is 10.2 Å². The van der Waals surface area contributed by atoms with E-state index in [4.69, 9.17) is 12.2 Å². The molecular formula is C22H20N2O3S2. The first-order chi connectivity index (χ1) is 13.7. The monoisotopic (exact) mass is 424 g/mol. The average molecular weight is 425 g/mol. The van der Waals surface area contributed by atoms with E-state index in [1.807, 2.05) is 12.1 Å². The number of rotatable bonds is 4. The van der Waals surface area contributed by atoms with Crippen molar-refractivity contribution in [2.24, 2.45) is 0 Å².